The van der Waals surface area contributed by atoms with Crippen LogP contribution < -0.4 is 10.1 Å². The standard InChI is InChI=1S/C14H19NO5/c1-14(2)19-8-10(20-14)7-15-13(17)9-4-5-12(18-3)11(16)6-9/h4-6,10,16H,7-8H2,1-3H3,(H,15,17). The number of hydrogen-bond donors (Lipinski definition) is 2. The fourth-order valence-corrected chi connectivity index (χ4v) is 2.00. The molecule has 6 nitrogen and oxygen atoms in total. The minimum Gasteiger partial charge on any atom is -0.504 e. The van der Waals surface area contributed by atoms with Gasteiger partial charge in [-0.1, -0.05) is 0 Å². The fraction of sp³-hybridized carbons (Fsp3) is 0.500. The van der Waals surface area contributed by atoms with Gasteiger partial charge in [0, 0.05) is 12.1 Å². The Morgan fingerprint density at radius 2 is 2.30 bits per heavy atom. The first-order valence-electron chi connectivity index (χ1n) is 6.38. The Hall–Kier alpha value is -1.79. The number of rotatable bonds is 4. The van der Waals surface area contributed by atoms with Crippen LogP contribution >= 0.6 is 0 Å². The fourth-order valence-electron chi connectivity index (χ4n) is 2.00. The Kier molecular flexibility index (Phi) is 4.15. The van der Waals surface area contributed by atoms with Gasteiger partial charge < -0.3 is 24.6 Å². The van der Waals surface area contributed by atoms with Crippen molar-refractivity contribution in [1.29, 1.82) is 0 Å². The summed E-state index contributed by atoms with van der Waals surface area (Å²) in [5.41, 5.74) is 0.362. The third kappa shape index (κ3) is 3.40. The van der Waals surface area contributed by atoms with Crippen LogP contribution in [0.4, 0.5) is 0 Å². The highest BCUT2D eigenvalue weighted by atomic mass is 16.7. The van der Waals surface area contributed by atoms with Gasteiger partial charge in [0.05, 0.1) is 13.7 Å². The summed E-state index contributed by atoms with van der Waals surface area (Å²) < 4.78 is 15.9. The van der Waals surface area contributed by atoms with Gasteiger partial charge in [-0.15, -0.1) is 0 Å². The van der Waals surface area contributed by atoms with Crippen LogP contribution in [0, 0.1) is 0 Å². The summed E-state index contributed by atoms with van der Waals surface area (Å²) in [4.78, 5) is 12.0. The molecule has 1 fully saturated rings. The number of methoxy groups -OCH3 is 1. The highest BCUT2D eigenvalue weighted by Crippen LogP contribution is 2.26. The highest BCUT2D eigenvalue weighted by Gasteiger charge is 2.32. The lowest BCUT2D eigenvalue weighted by Crippen LogP contribution is -2.34. The number of hydrogen-bond acceptors (Lipinski definition) is 5. The first-order chi connectivity index (χ1) is 9.41. The average Bonchev–Trinajstić information content (AvgIpc) is 2.75. The maximum atomic E-state index is 12.0. The minimum absolute atomic E-state index is 0.0678. The number of amides is 1. The summed E-state index contributed by atoms with van der Waals surface area (Å²) in [5.74, 6) is -0.623. The predicted octanol–water partition coefficient (Wildman–Crippen LogP) is 1.28. The van der Waals surface area contributed by atoms with Crippen molar-refractivity contribution in [2.24, 2.45) is 0 Å². The van der Waals surface area contributed by atoms with Crippen molar-refractivity contribution in [3.63, 3.8) is 0 Å². The third-order valence-electron chi connectivity index (χ3n) is 3.00. The molecule has 1 aromatic rings. The van der Waals surface area contributed by atoms with Gasteiger partial charge in [-0.3, -0.25) is 4.79 Å². The Balaban J connectivity index is 1.91. The molecule has 20 heavy (non-hydrogen) atoms. The van der Waals surface area contributed by atoms with Crippen LogP contribution in [-0.2, 0) is 9.47 Å². The second-order valence-electron chi connectivity index (χ2n) is 5.05. The van der Waals surface area contributed by atoms with Crippen LogP contribution in [0.1, 0.15) is 24.2 Å². The molecular weight excluding hydrogens is 262 g/mol. The lowest BCUT2D eigenvalue weighted by atomic mass is 10.2. The lowest BCUT2D eigenvalue weighted by Gasteiger charge is -2.17. The molecule has 2 N–H and O–H groups in total. The first kappa shape index (κ1) is 14.6. The van der Waals surface area contributed by atoms with Crippen LogP contribution in [0.3, 0.4) is 0 Å². The number of benzene rings is 1. The van der Waals surface area contributed by atoms with E-state index in [0.29, 0.717) is 24.5 Å². The molecule has 1 aliphatic rings. The number of phenolic OH excluding ortho intramolecular Hbond substituents is 1. The zero-order valence-corrected chi connectivity index (χ0v) is 11.8. The van der Waals surface area contributed by atoms with Crippen LogP contribution in [-0.4, -0.2) is 43.2 Å². The second kappa shape index (κ2) is 5.68. The molecule has 1 amide bonds. The third-order valence-corrected chi connectivity index (χ3v) is 3.00. The van der Waals surface area contributed by atoms with Crippen molar-refractivity contribution in [3.05, 3.63) is 23.8 Å². The van der Waals surface area contributed by atoms with E-state index in [0.717, 1.165) is 0 Å². The van der Waals surface area contributed by atoms with E-state index in [4.69, 9.17) is 14.2 Å². The molecule has 1 heterocycles. The molecule has 0 saturated carbocycles. The molecular formula is C14H19NO5. The van der Waals surface area contributed by atoms with Crippen molar-refractivity contribution in [2.45, 2.75) is 25.7 Å². The van der Waals surface area contributed by atoms with Crippen LogP contribution in [0.15, 0.2) is 18.2 Å². The SMILES string of the molecule is COc1ccc(C(=O)NCC2COC(C)(C)O2)cc1O. The van der Waals surface area contributed by atoms with Crippen molar-refractivity contribution >= 4 is 5.91 Å². The summed E-state index contributed by atoms with van der Waals surface area (Å²) in [6.45, 7) is 4.46. The number of carbonyl (C=O) groups is 1. The summed E-state index contributed by atoms with van der Waals surface area (Å²) in [6.07, 6.45) is -0.166. The van der Waals surface area contributed by atoms with E-state index in [1.54, 1.807) is 12.1 Å². The van der Waals surface area contributed by atoms with E-state index in [1.165, 1.54) is 13.2 Å². The molecule has 6 heteroatoms. The number of carbonyl (C=O) groups excluding carboxylic acids is 1. The second-order valence-corrected chi connectivity index (χ2v) is 5.05. The zero-order valence-electron chi connectivity index (χ0n) is 11.8. The van der Waals surface area contributed by atoms with Crippen LogP contribution in [0.2, 0.25) is 0 Å². The molecule has 1 saturated heterocycles. The maximum absolute atomic E-state index is 12.0. The molecule has 110 valence electrons. The maximum Gasteiger partial charge on any atom is 0.251 e. The Bertz CT molecular complexity index is 500. The van der Waals surface area contributed by atoms with Crippen molar-refractivity contribution < 1.29 is 24.1 Å². The highest BCUT2D eigenvalue weighted by molar-refractivity contribution is 5.94. The molecule has 1 aromatic carbocycles. The Morgan fingerprint density at radius 1 is 1.55 bits per heavy atom. The molecule has 0 aliphatic carbocycles. The molecule has 1 atom stereocenters. The van der Waals surface area contributed by atoms with Gasteiger partial charge in [0.25, 0.3) is 5.91 Å². The summed E-state index contributed by atoms with van der Waals surface area (Å²) in [5, 5.41) is 12.4. The van der Waals surface area contributed by atoms with E-state index in [9.17, 15) is 9.90 Å². The van der Waals surface area contributed by atoms with Gasteiger partial charge in [0.1, 0.15) is 6.10 Å². The summed E-state index contributed by atoms with van der Waals surface area (Å²) in [6, 6.07) is 4.50. The monoisotopic (exact) mass is 281 g/mol. The van der Waals surface area contributed by atoms with Gasteiger partial charge in [-0.05, 0) is 32.0 Å². The smallest absolute Gasteiger partial charge is 0.251 e. The predicted molar refractivity (Wildman–Crippen MR) is 71.9 cm³/mol. The molecule has 2 rings (SSSR count). The molecule has 0 bridgehead atoms. The van der Waals surface area contributed by atoms with E-state index in [1.807, 2.05) is 13.8 Å². The van der Waals surface area contributed by atoms with Gasteiger partial charge in [-0.2, -0.15) is 0 Å². The normalized spacial score (nSPS) is 20.6. The van der Waals surface area contributed by atoms with Crippen molar-refractivity contribution in [3.8, 4) is 11.5 Å². The molecule has 0 radical (unpaired) electrons. The van der Waals surface area contributed by atoms with E-state index in [2.05, 4.69) is 5.32 Å². The van der Waals surface area contributed by atoms with Gasteiger partial charge in [0.2, 0.25) is 0 Å². The van der Waals surface area contributed by atoms with Crippen molar-refractivity contribution in [1.82, 2.24) is 5.32 Å². The Morgan fingerprint density at radius 3 is 2.85 bits per heavy atom. The van der Waals surface area contributed by atoms with E-state index < -0.39 is 5.79 Å². The largest absolute Gasteiger partial charge is 0.504 e. The zero-order chi connectivity index (χ0) is 14.8. The number of aromatic hydroxyl groups is 1. The number of ether oxygens (including phenoxy) is 3. The van der Waals surface area contributed by atoms with E-state index in [-0.39, 0.29) is 17.8 Å². The average molecular weight is 281 g/mol. The van der Waals surface area contributed by atoms with Gasteiger partial charge >= 0.3 is 0 Å². The number of nitrogens with one attached hydrogen (secondary N) is 1. The summed E-state index contributed by atoms with van der Waals surface area (Å²) in [7, 11) is 1.45. The lowest BCUT2D eigenvalue weighted by molar-refractivity contribution is -0.137. The van der Waals surface area contributed by atoms with Gasteiger partial charge in [-0.25, -0.2) is 0 Å². The van der Waals surface area contributed by atoms with E-state index >= 15 is 0 Å². The van der Waals surface area contributed by atoms with Crippen molar-refractivity contribution in [2.75, 3.05) is 20.3 Å². The summed E-state index contributed by atoms with van der Waals surface area (Å²) >= 11 is 0. The van der Waals surface area contributed by atoms with Gasteiger partial charge in [0.15, 0.2) is 17.3 Å². The molecule has 1 aliphatic heterocycles. The first-order valence-corrected chi connectivity index (χ1v) is 6.38. The minimum atomic E-state index is -0.603. The molecule has 1 unspecified atom stereocenters. The van der Waals surface area contributed by atoms with Crippen LogP contribution in [0.5, 0.6) is 11.5 Å². The van der Waals surface area contributed by atoms with Crippen LogP contribution in [0.25, 0.3) is 0 Å². The topological polar surface area (TPSA) is 77.0 Å². The number of phenols is 1. The molecule has 0 aromatic heterocycles. The quantitative estimate of drug-likeness (QED) is 0.869. The molecule has 0 spiro atoms. The Labute approximate surface area is 117 Å².